The number of aryl methyl sites for hydroxylation is 2. The molecule has 0 fully saturated rings. The Morgan fingerprint density at radius 3 is 2.69 bits per heavy atom. The van der Waals surface area contributed by atoms with Gasteiger partial charge in [0.25, 0.3) is 0 Å². The van der Waals surface area contributed by atoms with Gasteiger partial charge in [0.1, 0.15) is 5.15 Å². The van der Waals surface area contributed by atoms with Crippen molar-refractivity contribution in [2.75, 3.05) is 0 Å². The van der Waals surface area contributed by atoms with Crippen LogP contribution in [0.5, 0.6) is 0 Å². The summed E-state index contributed by atoms with van der Waals surface area (Å²) in [5.74, 6) is 0. The highest BCUT2D eigenvalue weighted by atomic mass is 35.5. The molecule has 0 unspecified atom stereocenters. The minimum absolute atomic E-state index is 0.155. The third-order valence-corrected chi connectivity index (χ3v) is 2.89. The van der Waals surface area contributed by atoms with Crippen LogP contribution in [0.2, 0.25) is 10.4 Å². The van der Waals surface area contributed by atoms with Gasteiger partial charge in [0.2, 0.25) is 5.28 Å². The molecule has 86 valence electrons. The highest BCUT2D eigenvalue weighted by Gasteiger charge is 2.15. The average Bonchev–Trinajstić information content (AvgIpc) is 2.53. The maximum absolute atomic E-state index is 6.07. The van der Waals surface area contributed by atoms with Crippen LogP contribution in [0.1, 0.15) is 25.5 Å². The summed E-state index contributed by atoms with van der Waals surface area (Å²) in [5.41, 5.74) is 1.64. The number of unbranched alkanes of at least 4 members (excludes halogenated alkanes) is 1. The fourth-order valence-electron chi connectivity index (χ4n) is 1.68. The maximum atomic E-state index is 6.07. The van der Waals surface area contributed by atoms with Crippen molar-refractivity contribution in [2.45, 2.75) is 26.2 Å². The third-order valence-electron chi connectivity index (χ3n) is 2.45. The zero-order valence-electron chi connectivity index (χ0n) is 9.17. The number of hydrogen-bond acceptors (Lipinski definition) is 3. The van der Waals surface area contributed by atoms with E-state index in [9.17, 15) is 0 Å². The summed E-state index contributed by atoms with van der Waals surface area (Å²) in [6.45, 7) is 2.14. The van der Waals surface area contributed by atoms with Gasteiger partial charge in [-0.15, -0.1) is 0 Å². The van der Waals surface area contributed by atoms with Crippen LogP contribution in [0.25, 0.3) is 11.0 Å². The maximum Gasteiger partial charge on any atom is 0.225 e. The topological polar surface area (TPSA) is 43.6 Å². The van der Waals surface area contributed by atoms with E-state index in [0.717, 1.165) is 30.3 Å². The number of rotatable bonds is 3. The van der Waals surface area contributed by atoms with Crippen molar-refractivity contribution in [3.8, 4) is 0 Å². The number of hydrogen-bond donors (Lipinski definition) is 0. The minimum atomic E-state index is 0.155. The van der Waals surface area contributed by atoms with Crippen molar-refractivity contribution in [3.05, 3.63) is 16.1 Å². The molecule has 0 bridgehead atoms. The SMILES string of the molecule is CCCCc1nn(C)c2nc(Cl)nc(Cl)c12. The summed E-state index contributed by atoms with van der Waals surface area (Å²) in [5, 5.41) is 5.76. The van der Waals surface area contributed by atoms with E-state index < -0.39 is 0 Å². The Morgan fingerprint density at radius 2 is 2.00 bits per heavy atom. The number of nitrogens with zero attached hydrogens (tertiary/aromatic N) is 4. The molecule has 0 radical (unpaired) electrons. The predicted molar refractivity (Wildman–Crippen MR) is 64.9 cm³/mol. The highest BCUT2D eigenvalue weighted by Crippen LogP contribution is 2.25. The van der Waals surface area contributed by atoms with Crippen molar-refractivity contribution < 1.29 is 0 Å². The fraction of sp³-hybridized carbons (Fsp3) is 0.500. The van der Waals surface area contributed by atoms with Gasteiger partial charge in [0.15, 0.2) is 5.65 Å². The van der Waals surface area contributed by atoms with Crippen LogP contribution in [0, 0.1) is 0 Å². The molecule has 2 aromatic heterocycles. The lowest BCUT2D eigenvalue weighted by Gasteiger charge is -1.97. The van der Waals surface area contributed by atoms with Gasteiger partial charge < -0.3 is 0 Å². The first-order valence-corrected chi connectivity index (χ1v) is 5.93. The molecule has 0 aliphatic carbocycles. The van der Waals surface area contributed by atoms with Crippen molar-refractivity contribution >= 4 is 34.2 Å². The van der Waals surface area contributed by atoms with Gasteiger partial charge in [-0.05, 0) is 24.4 Å². The van der Waals surface area contributed by atoms with Gasteiger partial charge in [-0.1, -0.05) is 24.9 Å². The predicted octanol–water partition coefficient (Wildman–Crippen LogP) is 3.01. The van der Waals surface area contributed by atoms with E-state index >= 15 is 0 Å². The van der Waals surface area contributed by atoms with Crippen LogP contribution in [-0.2, 0) is 13.5 Å². The molecule has 16 heavy (non-hydrogen) atoms. The van der Waals surface area contributed by atoms with E-state index in [1.54, 1.807) is 4.68 Å². The van der Waals surface area contributed by atoms with Crippen molar-refractivity contribution in [1.29, 1.82) is 0 Å². The zero-order valence-corrected chi connectivity index (χ0v) is 10.7. The highest BCUT2D eigenvalue weighted by molar-refractivity contribution is 6.35. The molecule has 0 aromatic carbocycles. The van der Waals surface area contributed by atoms with Gasteiger partial charge in [-0.2, -0.15) is 10.1 Å². The van der Waals surface area contributed by atoms with Crippen LogP contribution in [0.15, 0.2) is 0 Å². The Hall–Kier alpha value is -0.870. The molecule has 0 aliphatic rings. The lowest BCUT2D eigenvalue weighted by molar-refractivity contribution is 0.722. The molecule has 0 saturated heterocycles. The molecule has 4 nitrogen and oxygen atoms in total. The molecule has 0 amide bonds. The first kappa shape index (κ1) is 11.6. The minimum Gasteiger partial charge on any atom is -0.250 e. The fourth-order valence-corrected chi connectivity index (χ4v) is 2.16. The lowest BCUT2D eigenvalue weighted by atomic mass is 10.1. The first-order chi connectivity index (χ1) is 7.63. The Kier molecular flexibility index (Phi) is 3.30. The molecular formula is C10H12Cl2N4. The molecular weight excluding hydrogens is 247 g/mol. The number of fused-ring (bicyclic) bond motifs is 1. The quantitative estimate of drug-likeness (QED) is 0.628. The van der Waals surface area contributed by atoms with Gasteiger partial charge >= 0.3 is 0 Å². The summed E-state index contributed by atoms with van der Waals surface area (Å²) in [6.07, 6.45) is 3.08. The van der Waals surface area contributed by atoms with E-state index in [2.05, 4.69) is 22.0 Å². The van der Waals surface area contributed by atoms with E-state index in [1.165, 1.54) is 0 Å². The smallest absolute Gasteiger partial charge is 0.225 e. The van der Waals surface area contributed by atoms with Crippen LogP contribution in [0.3, 0.4) is 0 Å². The summed E-state index contributed by atoms with van der Waals surface area (Å²) >= 11 is 11.8. The molecule has 0 aliphatic heterocycles. The summed E-state index contributed by atoms with van der Waals surface area (Å²) in [7, 11) is 1.83. The van der Waals surface area contributed by atoms with E-state index in [4.69, 9.17) is 23.2 Å². The molecule has 0 N–H and O–H groups in total. The molecule has 2 heterocycles. The second kappa shape index (κ2) is 4.55. The standard InChI is InChI=1S/C10H12Cl2N4/c1-3-4-5-6-7-8(11)13-10(12)14-9(7)16(2)15-6/h3-5H2,1-2H3. The van der Waals surface area contributed by atoms with Gasteiger partial charge in [-0.25, -0.2) is 9.67 Å². The number of halogens is 2. The van der Waals surface area contributed by atoms with Crippen LogP contribution >= 0.6 is 23.2 Å². The Balaban J connectivity index is 2.59. The van der Waals surface area contributed by atoms with Crippen molar-refractivity contribution in [3.63, 3.8) is 0 Å². The van der Waals surface area contributed by atoms with Gasteiger partial charge in [0, 0.05) is 7.05 Å². The molecule has 0 spiro atoms. The largest absolute Gasteiger partial charge is 0.250 e. The molecule has 2 aromatic rings. The summed E-state index contributed by atoms with van der Waals surface area (Å²) in [4.78, 5) is 8.09. The second-order valence-corrected chi connectivity index (χ2v) is 4.35. The molecule has 6 heteroatoms. The van der Waals surface area contributed by atoms with Gasteiger partial charge in [0.05, 0.1) is 11.1 Å². The Bertz CT molecular complexity index is 521. The molecule has 0 saturated carbocycles. The van der Waals surface area contributed by atoms with Gasteiger partial charge in [-0.3, -0.25) is 0 Å². The normalized spacial score (nSPS) is 11.2. The van der Waals surface area contributed by atoms with Crippen LogP contribution in [0.4, 0.5) is 0 Å². The monoisotopic (exact) mass is 258 g/mol. The molecule has 0 atom stereocenters. The van der Waals surface area contributed by atoms with E-state index in [-0.39, 0.29) is 5.28 Å². The Morgan fingerprint density at radius 1 is 1.25 bits per heavy atom. The Labute approximate surface area is 104 Å². The zero-order chi connectivity index (χ0) is 11.7. The molecule has 2 rings (SSSR count). The van der Waals surface area contributed by atoms with Crippen LogP contribution < -0.4 is 0 Å². The lowest BCUT2D eigenvalue weighted by Crippen LogP contribution is -1.93. The van der Waals surface area contributed by atoms with Crippen molar-refractivity contribution in [2.24, 2.45) is 7.05 Å². The summed E-state index contributed by atoms with van der Waals surface area (Å²) < 4.78 is 1.69. The van der Waals surface area contributed by atoms with E-state index in [0.29, 0.717) is 10.8 Å². The first-order valence-electron chi connectivity index (χ1n) is 5.18. The van der Waals surface area contributed by atoms with Crippen molar-refractivity contribution in [1.82, 2.24) is 19.7 Å². The number of aromatic nitrogens is 4. The average molecular weight is 259 g/mol. The summed E-state index contributed by atoms with van der Waals surface area (Å²) in [6, 6.07) is 0. The third kappa shape index (κ3) is 1.99. The van der Waals surface area contributed by atoms with E-state index in [1.807, 2.05) is 7.05 Å². The van der Waals surface area contributed by atoms with Crippen LogP contribution in [-0.4, -0.2) is 19.7 Å². The second-order valence-electron chi connectivity index (χ2n) is 3.66.